The third kappa shape index (κ3) is 3.70. The monoisotopic (exact) mass is 357 g/mol. The molecule has 2 aliphatic rings. The van der Waals surface area contributed by atoms with Gasteiger partial charge in [0.05, 0.1) is 13.2 Å². The quantitative estimate of drug-likeness (QED) is 0.217. The number of aliphatic hydroxyl groups excluding tert-OH is 7. The van der Waals surface area contributed by atoms with Gasteiger partial charge >= 0.3 is 0 Å². The Kier molecular flexibility index (Phi) is 6.83. The van der Waals surface area contributed by atoms with Crippen molar-refractivity contribution in [2.45, 2.75) is 61.4 Å². The summed E-state index contributed by atoms with van der Waals surface area (Å²) in [6.07, 6.45) is -15.0. The first-order valence-corrected chi connectivity index (χ1v) is 7.29. The number of hydrogen-bond acceptors (Lipinski definition) is 12. The fourth-order valence-corrected chi connectivity index (χ4v) is 2.67. The van der Waals surface area contributed by atoms with E-state index in [1.807, 2.05) is 0 Å². The molecule has 2 heterocycles. The van der Waals surface area contributed by atoms with Crippen molar-refractivity contribution in [2.75, 3.05) is 13.2 Å². The summed E-state index contributed by atoms with van der Waals surface area (Å²) in [5.41, 5.74) is 0. The Balaban J connectivity index is 2.12. The minimum Gasteiger partial charge on any atom is -0.394 e. The van der Waals surface area contributed by atoms with Crippen LogP contribution in [0.25, 0.3) is 0 Å². The number of aliphatic hydroxyl groups is 7. The first-order valence-electron chi connectivity index (χ1n) is 7.29. The molecule has 10 atom stereocenters. The lowest BCUT2D eigenvalue weighted by molar-refractivity contribution is -0.360. The Morgan fingerprint density at radius 1 is 0.708 bits per heavy atom. The van der Waals surface area contributed by atoms with Crippen LogP contribution in [-0.4, -0.2) is 110 Å². The predicted octanol–water partition coefficient (Wildman–Crippen LogP) is -5.50. The summed E-state index contributed by atoms with van der Waals surface area (Å²) >= 11 is 0. The van der Waals surface area contributed by atoms with Crippen LogP contribution in [0.5, 0.6) is 0 Å². The molecule has 0 aromatic carbocycles. The topological polar surface area (TPSA) is 205 Å². The van der Waals surface area contributed by atoms with Crippen LogP contribution >= 0.6 is 0 Å². The molecule has 0 spiro atoms. The lowest BCUT2D eigenvalue weighted by Gasteiger charge is -2.45. The maximum absolute atomic E-state index is 10.1. The maximum atomic E-state index is 10.1. The van der Waals surface area contributed by atoms with E-state index in [1.165, 1.54) is 0 Å². The second kappa shape index (κ2) is 8.27. The first-order chi connectivity index (χ1) is 11.3. The van der Waals surface area contributed by atoms with E-state index in [0.29, 0.717) is 0 Å². The van der Waals surface area contributed by atoms with Crippen LogP contribution < -0.4 is 5.90 Å². The average Bonchev–Trinajstić information content (AvgIpc) is 2.59. The molecular formula is C12H23NO11. The van der Waals surface area contributed by atoms with Gasteiger partial charge in [-0.2, -0.15) is 0 Å². The molecular weight excluding hydrogens is 334 g/mol. The van der Waals surface area contributed by atoms with E-state index in [-0.39, 0.29) is 0 Å². The molecule has 0 bridgehead atoms. The lowest BCUT2D eigenvalue weighted by Crippen LogP contribution is -2.64. The molecule has 2 saturated heterocycles. The number of ether oxygens (including phenoxy) is 3. The Hall–Kier alpha value is -0.480. The van der Waals surface area contributed by atoms with Crippen LogP contribution in [-0.2, 0) is 19.0 Å². The zero-order valence-corrected chi connectivity index (χ0v) is 12.5. The van der Waals surface area contributed by atoms with Gasteiger partial charge in [-0.15, -0.1) is 0 Å². The van der Waals surface area contributed by atoms with E-state index in [4.69, 9.17) is 25.2 Å². The SMILES string of the molecule is NO[C@@H]1OC(CO)[C@H](O[C@@H]2OC(CO)[C@H](O)C(O)[C@H]2O)C(O)[C@H]1O. The minimum absolute atomic E-state index is 0.647. The van der Waals surface area contributed by atoms with Crippen LogP contribution in [0.1, 0.15) is 0 Å². The van der Waals surface area contributed by atoms with E-state index in [2.05, 4.69) is 4.84 Å². The van der Waals surface area contributed by atoms with Gasteiger partial charge in [0, 0.05) is 0 Å². The highest BCUT2D eigenvalue weighted by Gasteiger charge is 2.50. The van der Waals surface area contributed by atoms with Crippen molar-refractivity contribution < 1.29 is 54.8 Å². The van der Waals surface area contributed by atoms with Crippen LogP contribution in [0.2, 0.25) is 0 Å². The summed E-state index contributed by atoms with van der Waals surface area (Å²) in [6.45, 7) is -1.31. The highest BCUT2D eigenvalue weighted by molar-refractivity contribution is 4.93. The molecule has 12 nitrogen and oxygen atoms in total. The predicted molar refractivity (Wildman–Crippen MR) is 71.7 cm³/mol. The third-order valence-electron chi connectivity index (χ3n) is 4.09. The molecule has 12 heteroatoms. The summed E-state index contributed by atoms with van der Waals surface area (Å²) in [6, 6.07) is 0. The van der Waals surface area contributed by atoms with Gasteiger partial charge in [0.2, 0.25) is 6.29 Å². The van der Waals surface area contributed by atoms with Crippen molar-refractivity contribution in [2.24, 2.45) is 5.90 Å². The highest BCUT2D eigenvalue weighted by Crippen LogP contribution is 2.28. The van der Waals surface area contributed by atoms with Crippen molar-refractivity contribution in [1.82, 2.24) is 0 Å². The number of hydrogen-bond donors (Lipinski definition) is 8. The summed E-state index contributed by atoms with van der Waals surface area (Å²) in [4.78, 5) is 4.35. The molecule has 2 fully saturated rings. The van der Waals surface area contributed by atoms with Gasteiger partial charge < -0.3 is 50.0 Å². The van der Waals surface area contributed by atoms with Crippen molar-refractivity contribution in [3.63, 3.8) is 0 Å². The van der Waals surface area contributed by atoms with E-state index < -0.39 is 74.6 Å². The van der Waals surface area contributed by atoms with Gasteiger partial charge in [-0.3, -0.25) is 4.84 Å². The number of nitrogens with two attached hydrogens (primary N) is 1. The van der Waals surface area contributed by atoms with E-state index in [9.17, 15) is 30.6 Å². The largest absolute Gasteiger partial charge is 0.394 e. The molecule has 2 aliphatic heterocycles. The maximum Gasteiger partial charge on any atom is 0.206 e. The molecule has 0 saturated carbocycles. The van der Waals surface area contributed by atoms with E-state index in [0.717, 1.165) is 0 Å². The normalized spacial score (nSPS) is 50.0. The van der Waals surface area contributed by atoms with Gasteiger partial charge in [-0.25, -0.2) is 5.90 Å². The third-order valence-corrected chi connectivity index (χ3v) is 4.09. The Morgan fingerprint density at radius 3 is 1.79 bits per heavy atom. The molecule has 0 radical (unpaired) electrons. The van der Waals surface area contributed by atoms with Crippen molar-refractivity contribution in [3.05, 3.63) is 0 Å². The summed E-state index contributed by atoms with van der Waals surface area (Å²) in [5, 5.41) is 67.8. The Labute approximate surface area is 136 Å². The second-order valence-electron chi connectivity index (χ2n) is 5.64. The molecule has 4 unspecified atom stereocenters. The lowest BCUT2D eigenvalue weighted by atomic mass is 9.97. The van der Waals surface area contributed by atoms with Crippen LogP contribution in [0.15, 0.2) is 0 Å². The summed E-state index contributed by atoms with van der Waals surface area (Å²) < 4.78 is 15.6. The fourth-order valence-electron chi connectivity index (χ4n) is 2.67. The molecule has 142 valence electrons. The molecule has 2 rings (SSSR count). The highest BCUT2D eigenvalue weighted by atomic mass is 16.8. The Morgan fingerprint density at radius 2 is 1.25 bits per heavy atom. The molecule has 0 aromatic rings. The Bertz CT molecular complexity index is 397. The van der Waals surface area contributed by atoms with Gasteiger partial charge in [-0.1, -0.05) is 0 Å². The summed E-state index contributed by atoms with van der Waals surface area (Å²) in [5.74, 6) is 4.92. The first kappa shape index (κ1) is 19.8. The van der Waals surface area contributed by atoms with Crippen LogP contribution in [0, 0.1) is 0 Å². The van der Waals surface area contributed by atoms with Crippen molar-refractivity contribution >= 4 is 0 Å². The standard InChI is InChI=1S/C12H23NO11/c13-24-12-9(20)7(18)10(4(2-15)22-12)23-11-8(19)6(17)5(16)3(1-14)21-11/h3-12,14-20H,1-2,13H2/t3?,4?,5-,6?,7?,8+,9+,10-,11-,12-/m0/s1. The van der Waals surface area contributed by atoms with Gasteiger partial charge in [0.25, 0.3) is 0 Å². The summed E-state index contributed by atoms with van der Waals surface area (Å²) in [7, 11) is 0. The van der Waals surface area contributed by atoms with Crippen molar-refractivity contribution in [3.8, 4) is 0 Å². The molecule has 24 heavy (non-hydrogen) atoms. The van der Waals surface area contributed by atoms with E-state index in [1.54, 1.807) is 0 Å². The average molecular weight is 357 g/mol. The molecule has 0 aliphatic carbocycles. The molecule has 9 N–H and O–H groups in total. The van der Waals surface area contributed by atoms with Gasteiger partial charge in [-0.05, 0) is 0 Å². The van der Waals surface area contributed by atoms with Crippen LogP contribution in [0.4, 0.5) is 0 Å². The number of rotatable bonds is 5. The minimum atomic E-state index is -1.71. The second-order valence-corrected chi connectivity index (χ2v) is 5.64. The van der Waals surface area contributed by atoms with Gasteiger partial charge in [0.15, 0.2) is 6.29 Å². The zero-order chi connectivity index (χ0) is 18.0. The van der Waals surface area contributed by atoms with Crippen LogP contribution in [0.3, 0.4) is 0 Å². The zero-order valence-electron chi connectivity index (χ0n) is 12.5. The molecule has 0 amide bonds. The molecule has 0 aromatic heterocycles. The smallest absolute Gasteiger partial charge is 0.206 e. The van der Waals surface area contributed by atoms with Gasteiger partial charge in [0.1, 0.15) is 48.8 Å². The van der Waals surface area contributed by atoms with E-state index >= 15 is 0 Å². The fraction of sp³-hybridized carbons (Fsp3) is 1.00. The van der Waals surface area contributed by atoms with Crippen molar-refractivity contribution in [1.29, 1.82) is 0 Å².